The number of benzene rings is 3. The molecule has 7 nitrogen and oxygen atoms in total. The van der Waals surface area contributed by atoms with Crippen molar-refractivity contribution in [3.8, 4) is 0 Å². The Kier molecular flexibility index (Phi) is 6.08. The van der Waals surface area contributed by atoms with Crippen LogP contribution in [0.5, 0.6) is 0 Å². The number of hydrogen-bond donors (Lipinski definition) is 1. The summed E-state index contributed by atoms with van der Waals surface area (Å²) in [5, 5.41) is 0.730. The average molecular weight is 491 g/mol. The van der Waals surface area contributed by atoms with Crippen LogP contribution in [0.3, 0.4) is 0 Å². The maximum absolute atomic E-state index is 13.5. The number of hydrogen-bond acceptors (Lipinski definition) is 5. The smallest absolute Gasteiger partial charge is 0.264 e. The second kappa shape index (κ2) is 9.34. The van der Waals surface area contributed by atoms with Crippen molar-refractivity contribution in [3.05, 3.63) is 96.4 Å². The maximum atomic E-state index is 13.5. The first-order valence-corrected chi connectivity index (χ1v) is 12.7. The highest BCUT2D eigenvalue weighted by Gasteiger charge is 2.23. The summed E-state index contributed by atoms with van der Waals surface area (Å²) in [4.78, 5) is 21.1. The van der Waals surface area contributed by atoms with Crippen molar-refractivity contribution in [3.63, 3.8) is 0 Å². The van der Waals surface area contributed by atoms with E-state index < -0.39 is 10.0 Å². The fourth-order valence-electron chi connectivity index (χ4n) is 4.21. The van der Waals surface area contributed by atoms with Gasteiger partial charge in [0.15, 0.2) is 0 Å². The van der Waals surface area contributed by atoms with Crippen LogP contribution in [-0.2, 0) is 10.0 Å². The van der Waals surface area contributed by atoms with Crippen LogP contribution in [-0.4, -0.2) is 50.4 Å². The number of anilines is 2. The van der Waals surface area contributed by atoms with Gasteiger partial charge in [-0.25, -0.2) is 12.8 Å². The lowest BCUT2D eigenvalue weighted by atomic mass is 10.1. The highest BCUT2D eigenvalue weighted by Crippen LogP contribution is 2.24. The molecule has 0 saturated carbocycles. The predicted molar refractivity (Wildman–Crippen MR) is 134 cm³/mol. The Labute approximate surface area is 202 Å². The van der Waals surface area contributed by atoms with E-state index in [1.165, 1.54) is 18.2 Å². The molecule has 4 aromatic rings. The highest BCUT2D eigenvalue weighted by molar-refractivity contribution is 7.93. The molecule has 0 spiro atoms. The number of rotatable bonds is 5. The van der Waals surface area contributed by atoms with E-state index in [0.717, 1.165) is 11.1 Å². The molecule has 1 fully saturated rings. The van der Waals surface area contributed by atoms with Crippen LogP contribution in [0.25, 0.3) is 10.9 Å². The third kappa shape index (κ3) is 4.81. The van der Waals surface area contributed by atoms with Gasteiger partial charge in [-0.05, 0) is 54.6 Å². The predicted octanol–water partition coefficient (Wildman–Crippen LogP) is 4.14. The number of para-hydroxylation sites is 1. The third-order valence-electron chi connectivity index (χ3n) is 6.01. The molecule has 0 aliphatic carbocycles. The summed E-state index contributed by atoms with van der Waals surface area (Å²) >= 11 is 0. The number of piperazine rings is 1. The molecule has 0 radical (unpaired) electrons. The largest absolute Gasteiger partial charge is 0.368 e. The Balaban J connectivity index is 1.25. The number of fused-ring (bicyclic) bond motifs is 1. The molecular weight excluding hydrogens is 467 g/mol. The molecular formula is C26H23FN4O3S. The maximum Gasteiger partial charge on any atom is 0.264 e. The number of nitrogens with zero attached hydrogens (tertiary/aromatic N) is 3. The summed E-state index contributed by atoms with van der Waals surface area (Å²) in [6, 6.07) is 21.4. The van der Waals surface area contributed by atoms with E-state index >= 15 is 0 Å². The van der Waals surface area contributed by atoms with Gasteiger partial charge in [0.2, 0.25) is 0 Å². The van der Waals surface area contributed by atoms with Gasteiger partial charge in [-0.2, -0.15) is 0 Å². The fourth-order valence-corrected chi connectivity index (χ4v) is 5.45. The monoisotopic (exact) mass is 490 g/mol. The third-order valence-corrected chi connectivity index (χ3v) is 7.42. The second-order valence-electron chi connectivity index (χ2n) is 8.27. The van der Waals surface area contributed by atoms with Gasteiger partial charge < -0.3 is 9.80 Å². The van der Waals surface area contributed by atoms with E-state index in [9.17, 15) is 17.6 Å². The van der Waals surface area contributed by atoms with Gasteiger partial charge in [-0.1, -0.05) is 24.3 Å². The minimum Gasteiger partial charge on any atom is -0.368 e. The molecule has 0 unspecified atom stereocenters. The number of carbonyl (C=O) groups is 1. The molecule has 9 heteroatoms. The van der Waals surface area contributed by atoms with Gasteiger partial charge >= 0.3 is 0 Å². The van der Waals surface area contributed by atoms with Crippen molar-refractivity contribution in [2.45, 2.75) is 4.90 Å². The Morgan fingerprint density at radius 3 is 2.34 bits per heavy atom. The van der Waals surface area contributed by atoms with E-state index in [0.29, 0.717) is 42.9 Å². The fraction of sp³-hybridized carbons (Fsp3) is 0.154. The number of nitrogens with one attached hydrogen (secondary N) is 1. The number of amides is 1. The first kappa shape index (κ1) is 22.8. The molecule has 5 rings (SSSR count). The SMILES string of the molecule is O=C(c1ccc(NS(=O)(=O)c2cccc3cccnc23)cc1)N1CCN(c2cccc(F)c2)CC1. The van der Waals surface area contributed by atoms with Crippen LogP contribution in [0.1, 0.15) is 10.4 Å². The van der Waals surface area contributed by atoms with Gasteiger partial charge in [-0.15, -0.1) is 0 Å². The van der Waals surface area contributed by atoms with Crippen LogP contribution in [0.2, 0.25) is 0 Å². The quantitative estimate of drug-likeness (QED) is 0.455. The Hall–Kier alpha value is -3.98. The van der Waals surface area contributed by atoms with E-state index in [-0.39, 0.29) is 16.6 Å². The second-order valence-corrected chi connectivity index (χ2v) is 9.92. The summed E-state index contributed by atoms with van der Waals surface area (Å²) in [7, 11) is -3.87. The van der Waals surface area contributed by atoms with Gasteiger partial charge in [0.25, 0.3) is 15.9 Å². The molecule has 1 aliphatic heterocycles. The lowest BCUT2D eigenvalue weighted by Gasteiger charge is -2.36. The molecule has 1 amide bonds. The number of sulfonamides is 1. The Morgan fingerprint density at radius 1 is 0.886 bits per heavy atom. The van der Waals surface area contributed by atoms with Gasteiger partial charge in [0, 0.05) is 54.7 Å². The summed E-state index contributed by atoms with van der Waals surface area (Å²) in [5.74, 6) is -0.412. The zero-order valence-corrected chi connectivity index (χ0v) is 19.6. The van der Waals surface area contributed by atoms with Crippen molar-refractivity contribution in [2.75, 3.05) is 35.8 Å². The van der Waals surface area contributed by atoms with Crippen molar-refractivity contribution in [1.29, 1.82) is 0 Å². The first-order chi connectivity index (χ1) is 16.9. The normalized spacial score (nSPS) is 14.2. The molecule has 0 atom stereocenters. The molecule has 1 N–H and O–H groups in total. The average Bonchev–Trinajstić information content (AvgIpc) is 2.88. The molecule has 1 aromatic heterocycles. The molecule has 3 aromatic carbocycles. The molecule has 178 valence electrons. The van der Waals surface area contributed by atoms with Crippen LogP contribution in [0.15, 0.2) is 90.0 Å². The minimum atomic E-state index is -3.87. The van der Waals surface area contributed by atoms with E-state index in [4.69, 9.17) is 0 Å². The van der Waals surface area contributed by atoms with E-state index in [1.807, 2.05) is 11.0 Å². The Bertz CT molecular complexity index is 1480. The number of pyridine rings is 1. The van der Waals surface area contributed by atoms with E-state index in [1.54, 1.807) is 65.7 Å². The van der Waals surface area contributed by atoms with E-state index in [2.05, 4.69) is 9.71 Å². The summed E-state index contributed by atoms with van der Waals surface area (Å²) in [5.41, 5.74) is 2.02. The van der Waals surface area contributed by atoms with Crippen molar-refractivity contribution in [2.24, 2.45) is 0 Å². The molecule has 2 heterocycles. The topological polar surface area (TPSA) is 82.6 Å². The number of carbonyl (C=O) groups excluding carboxylic acids is 1. The summed E-state index contributed by atoms with van der Waals surface area (Å²) in [6.45, 7) is 2.23. The van der Waals surface area contributed by atoms with Gasteiger partial charge in [0.1, 0.15) is 10.7 Å². The molecule has 1 saturated heterocycles. The highest BCUT2D eigenvalue weighted by atomic mass is 32.2. The van der Waals surface area contributed by atoms with Gasteiger partial charge in [-0.3, -0.25) is 14.5 Å². The standard InChI is InChI=1S/C26H23FN4O3S/c27-21-6-2-7-23(18-21)30-14-16-31(17-15-30)26(32)20-9-11-22(12-10-20)29-35(33,34)24-8-1-4-19-5-3-13-28-25(19)24/h1-13,18,29H,14-17H2. The lowest BCUT2D eigenvalue weighted by molar-refractivity contribution is 0.0747. The van der Waals surface area contributed by atoms with Crippen molar-refractivity contribution in [1.82, 2.24) is 9.88 Å². The lowest BCUT2D eigenvalue weighted by Crippen LogP contribution is -2.48. The minimum absolute atomic E-state index is 0.0897. The van der Waals surface area contributed by atoms with Crippen molar-refractivity contribution < 1.29 is 17.6 Å². The summed E-state index contributed by atoms with van der Waals surface area (Å²) < 4.78 is 42.1. The van der Waals surface area contributed by atoms with Crippen molar-refractivity contribution >= 4 is 38.2 Å². The van der Waals surface area contributed by atoms with Crippen LogP contribution in [0, 0.1) is 5.82 Å². The zero-order chi connectivity index (χ0) is 24.4. The van der Waals surface area contributed by atoms with Crippen LogP contribution >= 0.6 is 0 Å². The molecule has 1 aliphatic rings. The van der Waals surface area contributed by atoms with Gasteiger partial charge in [0.05, 0.1) is 5.52 Å². The number of aromatic nitrogens is 1. The molecule has 35 heavy (non-hydrogen) atoms. The molecule has 0 bridgehead atoms. The van der Waals surface area contributed by atoms with Crippen LogP contribution < -0.4 is 9.62 Å². The summed E-state index contributed by atoms with van der Waals surface area (Å²) in [6.07, 6.45) is 1.56. The van der Waals surface area contributed by atoms with Crippen LogP contribution in [0.4, 0.5) is 15.8 Å². The Morgan fingerprint density at radius 2 is 1.60 bits per heavy atom. The number of halogens is 1. The first-order valence-electron chi connectivity index (χ1n) is 11.2. The zero-order valence-electron chi connectivity index (χ0n) is 18.8.